The van der Waals surface area contributed by atoms with Crippen LogP contribution in [0.1, 0.15) is 31.7 Å². The number of likely N-dealkylation sites (N-methyl/N-ethyl adjacent to an activating group) is 1. The van der Waals surface area contributed by atoms with Gasteiger partial charge in [-0.2, -0.15) is 0 Å². The smallest absolute Gasteiger partial charge is 0.0399 e. The fourth-order valence-corrected chi connectivity index (χ4v) is 2.74. The molecule has 0 fully saturated rings. The van der Waals surface area contributed by atoms with Crippen LogP contribution in [-0.4, -0.2) is 26.2 Å². The number of nitrogens with one attached hydrogen (secondary N) is 1. The SMILES string of the molecule is CCCC(CN1CCCc2ccccc21)NC. The Labute approximate surface area is 105 Å². The molecule has 0 saturated carbocycles. The van der Waals surface area contributed by atoms with Crippen LogP contribution in [-0.2, 0) is 6.42 Å². The third-order valence-corrected chi connectivity index (χ3v) is 3.69. The van der Waals surface area contributed by atoms with Crippen molar-refractivity contribution in [1.29, 1.82) is 0 Å². The number of hydrogen-bond donors (Lipinski definition) is 1. The number of benzene rings is 1. The quantitative estimate of drug-likeness (QED) is 0.840. The van der Waals surface area contributed by atoms with Crippen LogP contribution < -0.4 is 10.2 Å². The third-order valence-electron chi connectivity index (χ3n) is 3.69. The molecule has 17 heavy (non-hydrogen) atoms. The van der Waals surface area contributed by atoms with Gasteiger partial charge in [0.1, 0.15) is 0 Å². The van der Waals surface area contributed by atoms with E-state index in [4.69, 9.17) is 0 Å². The van der Waals surface area contributed by atoms with Gasteiger partial charge in [-0.15, -0.1) is 0 Å². The van der Waals surface area contributed by atoms with Crippen molar-refractivity contribution in [3.8, 4) is 0 Å². The number of nitrogens with zero attached hydrogens (tertiary/aromatic N) is 1. The van der Waals surface area contributed by atoms with Crippen LogP contribution in [0.25, 0.3) is 0 Å². The molecule has 1 N–H and O–H groups in total. The fourth-order valence-electron chi connectivity index (χ4n) is 2.74. The molecule has 0 aromatic heterocycles. The van der Waals surface area contributed by atoms with E-state index >= 15 is 0 Å². The maximum absolute atomic E-state index is 3.44. The summed E-state index contributed by atoms with van der Waals surface area (Å²) >= 11 is 0. The van der Waals surface area contributed by atoms with E-state index in [1.165, 1.54) is 43.5 Å². The standard InChI is InChI=1S/C15H24N2/c1-3-7-14(16-2)12-17-11-6-9-13-8-4-5-10-15(13)17/h4-5,8,10,14,16H,3,6-7,9,11-12H2,1-2H3. The molecule has 0 amide bonds. The van der Waals surface area contributed by atoms with Crippen LogP contribution in [0.4, 0.5) is 5.69 Å². The molecule has 2 nitrogen and oxygen atoms in total. The van der Waals surface area contributed by atoms with Crippen molar-refractivity contribution in [2.45, 2.75) is 38.6 Å². The molecule has 1 atom stereocenters. The fraction of sp³-hybridized carbons (Fsp3) is 0.600. The van der Waals surface area contributed by atoms with Gasteiger partial charge in [0.15, 0.2) is 0 Å². The van der Waals surface area contributed by atoms with Gasteiger partial charge in [0.25, 0.3) is 0 Å². The van der Waals surface area contributed by atoms with Crippen molar-refractivity contribution in [2.24, 2.45) is 0 Å². The molecule has 1 aliphatic rings. The second-order valence-electron chi connectivity index (χ2n) is 4.95. The minimum atomic E-state index is 0.617. The molecule has 1 aliphatic heterocycles. The Balaban J connectivity index is 2.07. The summed E-state index contributed by atoms with van der Waals surface area (Å²) in [6.07, 6.45) is 5.04. The number of fused-ring (bicyclic) bond motifs is 1. The lowest BCUT2D eigenvalue weighted by Gasteiger charge is -2.34. The van der Waals surface area contributed by atoms with Gasteiger partial charge in [0.2, 0.25) is 0 Å². The van der Waals surface area contributed by atoms with Crippen molar-refractivity contribution >= 4 is 5.69 Å². The first-order chi connectivity index (χ1) is 8.35. The van der Waals surface area contributed by atoms with E-state index in [1.807, 2.05) is 0 Å². The Kier molecular flexibility index (Phi) is 4.43. The molecule has 1 heterocycles. The Morgan fingerprint density at radius 1 is 1.35 bits per heavy atom. The molecule has 1 aromatic carbocycles. The van der Waals surface area contributed by atoms with Gasteiger partial charge in [-0.3, -0.25) is 0 Å². The number of rotatable bonds is 5. The first kappa shape index (κ1) is 12.4. The van der Waals surface area contributed by atoms with Gasteiger partial charge in [-0.05, 0) is 37.9 Å². The summed E-state index contributed by atoms with van der Waals surface area (Å²) < 4.78 is 0. The van der Waals surface area contributed by atoms with Crippen LogP contribution >= 0.6 is 0 Å². The monoisotopic (exact) mass is 232 g/mol. The van der Waals surface area contributed by atoms with Crippen LogP contribution in [0.5, 0.6) is 0 Å². The van der Waals surface area contributed by atoms with E-state index in [9.17, 15) is 0 Å². The maximum Gasteiger partial charge on any atom is 0.0399 e. The van der Waals surface area contributed by atoms with Gasteiger partial charge in [0.05, 0.1) is 0 Å². The topological polar surface area (TPSA) is 15.3 Å². The number of aryl methyl sites for hydroxylation is 1. The van der Waals surface area contributed by atoms with E-state index in [0.29, 0.717) is 6.04 Å². The van der Waals surface area contributed by atoms with E-state index in [2.05, 4.69) is 48.5 Å². The van der Waals surface area contributed by atoms with Crippen LogP contribution in [0.15, 0.2) is 24.3 Å². The third kappa shape index (κ3) is 3.01. The summed E-state index contributed by atoms with van der Waals surface area (Å²) in [4.78, 5) is 2.55. The van der Waals surface area contributed by atoms with Crippen molar-refractivity contribution < 1.29 is 0 Å². The second kappa shape index (κ2) is 6.06. The van der Waals surface area contributed by atoms with Crippen molar-refractivity contribution in [2.75, 3.05) is 25.0 Å². The van der Waals surface area contributed by atoms with Gasteiger partial charge in [-0.25, -0.2) is 0 Å². The lowest BCUT2D eigenvalue weighted by molar-refractivity contribution is 0.498. The lowest BCUT2D eigenvalue weighted by Crippen LogP contribution is -2.41. The maximum atomic E-state index is 3.44. The van der Waals surface area contributed by atoms with Crippen LogP contribution in [0.3, 0.4) is 0 Å². The molecule has 2 rings (SSSR count). The highest BCUT2D eigenvalue weighted by Crippen LogP contribution is 2.26. The number of anilines is 1. The van der Waals surface area contributed by atoms with Crippen molar-refractivity contribution in [3.63, 3.8) is 0 Å². The van der Waals surface area contributed by atoms with E-state index < -0.39 is 0 Å². The Bertz CT molecular complexity index is 349. The van der Waals surface area contributed by atoms with Gasteiger partial charge in [-0.1, -0.05) is 31.5 Å². The molecule has 2 heteroatoms. The summed E-state index contributed by atoms with van der Waals surface area (Å²) in [5.74, 6) is 0. The molecule has 0 aliphatic carbocycles. The van der Waals surface area contributed by atoms with E-state index in [-0.39, 0.29) is 0 Å². The zero-order valence-corrected chi connectivity index (χ0v) is 11.1. The highest BCUT2D eigenvalue weighted by Gasteiger charge is 2.18. The summed E-state index contributed by atoms with van der Waals surface area (Å²) in [6.45, 7) is 4.61. The molecule has 94 valence electrons. The lowest BCUT2D eigenvalue weighted by atomic mass is 10.0. The molecule has 1 aromatic rings. The zero-order valence-electron chi connectivity index (χ0n) is 11.1. The Morgan fingerprint density at radius 2 is 2.18 bits per heavy atom. The number of hydrogen-bond acceptors (Lipinski definition) is 2. The summed E-state index contributed by atoms with van der Waals surface area (Å²) in [5, 5.41) is 3.44. The minimum Gasteiger partial charge on any atom is -0.370 e. The molecule has 0 radical (unpaired) electrons. The Hall–Kier alpha value is -1.02. The first-order valence-corrected chi connectivity index (χ1v) is 6.85. The predicted octanol–water partition coefficient (Wildman–Crippen LogP) is 2.83. The molecular weight excluding hydrogens is 208 g/mol. The van der Waals surface area contributed by atoms with E-state index in [0.717, 1.165) is 6.54 Å². The van der Waals surface area contributed by atoms with Crippen LogP contribution in [0, 0.1) is 0 Å². The normalized spacial score (nSPS) is 16.7. The zero-order chi connectivity index (χ0) is 12.1. The van der Waals surface area contributed by atoms with Crippen molar-refractivity contribution in [1.82, 2.24) is 5.32 Å². The van der Waals surface area contributed by atoms with Gasteiger partial charge >= 0.3 is 0 Å². The van der Waals surface area contributed by atoms with Gasteiger partial charge in [0, 0.05) is 24.8 Å². The van der Waals surface area contributed by atoms with Crippen LogP contribution in [0.2, 0.25) is 0 Å². The average molecular weight is 232 g/mol. The highest BCUT2D eigenvalue weighted by atomic mass is 15.2. The highest BCUT2D eigenvalue weighted by molar-refractivity contribution is 5.55. The van der Waals surface area contributed by atoms with E-state index in [1.54, 1.807) is 0 Å². The molecule has 0 bridgehead atoms. The predicted molar refractivity (Wildman–Crippen MR) is 74.7 cm³/mol. The molecule has 0 saturated heterocycles. The average Bonchev–Trinajstić information content (AvgIpc) is 2.38. The van der Waals surface area contributed by atoms with Crippen molar-refractivity contribution in [3.05, 3.63) is 29.8 Å². The van der Waals surface area contributed by atoms with Gasteiger partial charge < -0.3 is 10.2 Å². The molecular formula is C15H24N2. The Morgan fingerprint density at radius 3 is 2.94 bits per heavy atom. The largest absolute Gasteiger partial charge is 0.370 e. The second-order valence-corrected chi connectivity index (χ2v) is 4.95. The molecule has 0 spiro atoms. The summed E-state index contributed by atoms with van der Waals surface area (Å²) in [6, 6.07) is 9.48. The summed E-state index contributed by atoms with van der Waals surface area (Å²) in [5.41, 5.74) is 2.97. The first-order valence-electron chi connectivity index (χ1n) is 6.85. The summed E-state index contributed by atoms with van der Waals surface area (Å²) in [7, 11) is 2.08. The number of para-hydroxylation sites is 1. The minimum absolute atomic E-state index is 0.617. The molecule has 1 unspecified atom stereocenters.